The molecule has 11 heteroatoms. The number of likely N-dealkylation sites (tertiary alicyclic amines) is 1. The summed E-state index contributed by atoms with van der Waals surface area (Å²) in [6.07, 6.45) is 0.781. The molecule has 3 rings (SSSR count). The molecular formula is C24H40N6O5. The van der Waals surface area contributed by atoms with Crippen molar-refractivity contribution in [3.05, 3.63) is 0 Å². The lowest BCUT2D eigenvalue weighted by Crippen LogP contribution is -2.62. The largest absolute Gasteiger partial charge is 0.369 e. The average Bonchev–Trinajstić information content (AvgIpc) is 3.09. The van der Waals surface area contributed by atoms with Crippen molar-refractivity contribution in [2.45, 2.75) is 59.5 Å². The number of carbonyl (C=O) groups excluding carboxylic acids is 5. The highest BCUT2D eigenvalue weighted by Crippen LogP contribution is 2.78. The lowest BCUT2D eigenvalue weighted by atomic mass is 9.71. The molecule has 0 aromatic rings. The predicted octanol–water partition coefficient (Wildman–Crippen LogP) is -0.361. The normalized spacial score (nSPS) is 30.7. The van der Waals surface area contributed by atoms with E-state index in [-0.39, 0.29) is 30.7 Å². The van der Waals surface area contributed by atoms with Crippen LogP contribution in [-0.2, 0) is 19.2 Å². The van der Waals surface area contributed by atoms with E-state index >= 15 is 0 Å². The summed E-state index contributed by atoms with van der Waals surface area (Å²) >= 11 is 0. The maximum absolute atomic E-state index is 13.9. The van der Waals surface area contributed by atoms with Crippen LogP contribution < -0.4 is 22.1 Å². The molecule has 1 aliphatic carbocycles. The molecule has 3 unspecified atom stereocenters. The van der Waals surface area contributed by atoms with Gasteiger partial charge >= 0.3 is 6.03 Å². The van der Waals surface area contributed by atoms with Crippen LogP contribution in [0.4, 0.5) is 4.79 Å². The second-order valence-electron chi connectivity index (χ2n) is 12.1. The van der Waals surface area contributed by atoms with Gasteiger partial charge in [0.25, 0.3) is 0 Å². The highest BCUT2D eigenvalue weighted by Gasteiger charge is 2.83. The summed E-state index contributed by atoms with van der Waals surface area (Å²) in [5.41, 5.74) is 9.68. The first kappa shape index (κ1) is 26.7. The van der Waals surface area contributed by atoms with Gasteiger partial charge in [0.15, 0.2) is 0 Å². The quantitative estimate of drug-likeness (QED) is 0.380. The number of urea groups is 1. The molecule has 0 spiro atoms. The van der Waals surface area contributed by atoms with Crippen molar-refractivity contribution < 1.29 is 24.0 Å². The SMILES string of the molecule is CN(C)C(=O)N[C@H](C(=O)N1CC2C(C)(C)C2([C@H](C[C@H]2CCNC2=O)C(N)=O)C1C(N)=O)C(C)(C)C. The average molecular weight is 493 g/mol. The van der Waals surface area contributed by atoms with Gasteiger partial charge in [-0.1, -0.05) is 34.6 Å². The third-order valence-electron chi connectivity index (χ3n) is 8.57. The topological polar surface area (TPSA) is 168 Å². The second kappa shape index (κ2) is 8.67. The summed E-state index contributed by atoms with van der Waals surface area (Å²) in [6, 6.07) is -2.45. The zero-order valence-corrected chi connectivity index (χ0v) is 21.8. The molecule has 196 valence electrons. The number of amides is 6. The van der Waals surface area contributed by atoms with Crippen molar-refractivity contribution in [2.75, 3.05) is 27.2 Å². The number of primary amides is 2. The smallest absolute Gasteiger partial charge is 0.317 e. The Morgan fingerprint density at radius 2 is 1.80 bits per heavy atom. The third-order valence-corrected chi connectivity index (χ3v) is 8.57. The monoisotopic (exact) mass is 492 g/mol. The zero-order chi connectivity index (χ0) is 26.7. The van der Waals surface area contributed by atoms with E-state index in [1.807, 2.05) is 34.6 Å². The van der Waals surface area contributed by atoms with Crippen molar-refractivity contribution in [1.82, 2.24) is 20.4 Å². The van der Waals surface area contributed by atoms with Gasteiger partial charge in [-0.3, -0.25) is 19.2 Å². The molecule has 3 aliphatic rings. The third kappa shape index (κ3) is 4.12. The molecule has 6 atom stereocenters. The number of hydrogen-bond donors (Lipinski definition) is 4. The minimum atomic E-state index is -1.09. The van der Waals surface area contributed by atoms with E-state index in [0.29, 0.717) is 13.0 Å². The van der Waals surface area contributed by atoms with Gasteiger partial charge in [0.2, 0.25) is 23.6 Å². The molecule has 1 saturated carbocycles. The van der Waals surface area contributed by atoms with Gasteiger partial charge in [0.1, 0.15) is 12.1 Å². The second-order valence-corrected chi connectivity index (χ2v) is 12.1. The summed E-state index contributed by atoms with van der Waals surface area (Å²) in [7, 11) is 3.15. The predicted molar refractivity (Wildman–Crippen MR) is 128 cm³/mol. The standard InChI is InChI=1S/C24H40N6O5/c1-22(2,3)15(28-21(35)29(6)7)20(34)30-11-14-23(4,5)24(14,16(30)18(26)32)13(17(25)31)10-12-8-9-27-19(12)33/h12-16H,8-11H2,1-7H3,(H2,25,31)(H2,26,32)(H,27,33)(H,28,35)/t12-,13-,14?,15-,16?,24?/m1/s1. The van der Waals surface area contributed by atoms with Gasteiger partial charge in [-0.25, -0.2) is 4.79 Å². The summed E-state index contributed by atoms with van der Waals surface area (Å²) in [5.74, 6) is -3.29. The van der Waals surface area contributed by atoms with Gasteiger partial charge in [-0.2, -0.15) is 0 Å². The fourth-order valence-electron chi connectivity index (χ4n) is 6.68. The molecule has 0 bridgehead atoms. The Morgan fingerprint density at radius 1 is 1.20 bits per heavy atom. The van der Waals surface area contributed by atoms with E-state index in [4.69, 9.17) is 11.5 Å². The number of hydrogen-bond acceptors (Lipinski definition) is 5. The van der Waals surface area contributed by atoms with Crippen LogP contribution in [0.1, 0.15) is 47.5 Å². The molecule has 0 aromatic carbocycles. The Hall–Kier alpha value is -2.85. The fourth-order valence-corrected chi connectivity index (χ4v) is 6.68. The van der Waals surface area contributed by atoms with Gasteiger partial charge in [0.05, 0.1) is 0 Å². The number of piperidine rings is 1. The molecule has 2 saturated heterocycles. The number of rotatable bonds is 7. The van der Waals surface area contributed by atoms with E-state index in [1.54, 1.807) is 14.1 Å². The molecular weight excluding hydrogens is 452 g/mol. The first-order valence-electron chi connectivity index (χ1n) is 12.1. The molecule has 2 aliphatic heterocycles. The minimum Gasteiger partial charge on any atom is -0.369 e. The molecule has 3 fully saturated rings. The van der Waals surface area contributed by atoms with Gasteiger partial charge in [-0.15, -0.1) is 0 Å². The summed E-state index contributed by atoms with van der Waals surface area (Å²) in [6.45, 7) is 10.1. The highest BCUT2D eigenvalue weighted by atomic mass is 16.2. The summed E-state index contributed by atoms with van der Waals surface area (Å²) in [5, 5.41) is 5.55. The van der Waals surface area contributed by atoms with Crippen LogP contribution >= 0.6 is 0 Å². The Morgan fingerprint density at radius 3 is 2.23 bits per heavy atom. The van der Waals surface area contributed by atoms with E-state index in [9.17, 15) is 24.0 Å². The van der Waals surface area contributed by atoms with Crippen LogP contribution in [0.15, 0.2) is 0 Å². The van der Waals surface area contributed by atoms with E-state index in [2.05, 4.69) is 10.6 Å². The van der Waals surface area contributed by atoms with Crippen LogP contribution in [0, 0.1) is 34.0 Å². The Bertz CT molecular complexity index is 941. The maximum Gasteiger partial charge on any atom is 0.317 e. The van der Waals surface area contributed by atoms with Gasteiger partial charge in [-0.05, 0) is 29.6 Å². The van der Waals surface area contributed by atoms with Gasteiger partial charge in [0, 0.05) is 44.4 Å². The molecule has 35 heavy (non-hydrogen) atoms. The van der Waals surface area contributed by atoms with Crippen LogP contribution in [0.3, 0.4) is 0 Å². The van der Waals surface area contributed by atoms with Crippen molar-refractivity contribution >= 4 is 29.7 Å². The number of fused-ring (bicyclic) bond motifs is 1. The summed E-state index contributed by atoms with van der Waals surface area (Å²) in [4.78, 5) is 67.2. The van der Waals surface area contributed by atoms with Gasteiger partial charge < -0.3 is 31.9 Å². The Balaban J connectivity index is 2.02. The molecule has 0 aromatic heterocycles. The Labute approximate surface area is 206 Å². The molecule has 0 radical (unpaired) electrons. The van der Waals surface area contributed by atoms with Crippen LogP contribution in [0.5, 0.6) is 0 Å². The molecule has 6 N–H and O–H groups in total. The van der Waals surface area contributed by atoms with Crippen molar-refractivity contribution in [1.29, 1.82) is 0 Å². The van der Waals surface area contributed by atoms with Crippen molar-refractivity contribution in [2.24, 2.45) is 45.5 Å². The van der Waals surface area contributed by atoms with Crippen molar-refractivity contribution in [3.8, 4) is 0 Å². The fraction of sp³-hybridized carbons (Fsp3) is 0.792. The van der Waals surface area contributed by atoms with Crippen LogP contribution in [0.25, 0.3) is 0 Å². The molecule has 6 amide bonds. The van der Waals surface area contributed by atoms with Crippen molar-refractivity contribution in [3.63, 3.8) is 0 Å². The lowest BCUT2D eigenvalue weighted by molar-refractivity contribution is -0.146. The maximum atomic E-state index is 13.9. The lowest BCUT2D eigenvalue weighted by Gasteiger charge is -2.41. The minimum absolute atomic E-state index is 0.136. The number of carbonyl (C=O) groups is 5. The van der Waals surface area contributed by atoms with E-state index in [0.717, 1.165) is 0 Å². The zero-order valence-electron chi connectivity index (χ0n) is 21.8. The van der Waals surface area contributed by atoms with E-state index in [1.165, 1.54) is 9.80 Å². The van der Waals surface area contributed by atoms with E-state index < -0.39 is 58.0 Å². The van der Waals surface area contributed by atoms with Crippen LogP contribution in [-0.4, -0.2) is 78.7 Å². The Kier molecular flexibility index (Phi) is 6.63. The number of nitrogens with zero attached hydrogens (tertiary/aromatic N) is 2. The first-order valence-corrected chi connectivity index (χ1v) is 12.1. The molecule has 2 heterocycles. The highest BCUT2D eigenvalue weighted by molar-refractivity contribution is 5.95. The molecule has 11 nitrogen and oxygen atoms in total. The number of nitrogens with one attached hydrogen (secondary N) is 2. The summed E-state index contributed by atoms with van der Waals surface area (Å²) < 4.78 is 0. The number of nitrogens with two attached hydrogens (primary N) is 2. The first-order chi connectivity index (χ1) is 16.0. The van der Waals surface area contributed by atoms with Crippen LogP contribution in [0.2, 0.25) is 0 Å².